The molecule has 0 aliphatic heterocycles. The van der Waals surface area contributed by atoms with Gasteiger partial charge in [0.2, 0.25) is 0 Å². The standard InChI is InChI=1S/C12H11ClN4O2S/c1-8-5-12(17(2)15-8)16-20(18,19)11-6-9(7-14)3-4-10(11)13/h3-6,16H,1-2H3. The number of halogens is 1. The molecule has 2 aromatic rings. The lowest BCUT2D eigenvalue weighted by Crippen LogP contribution is -2.16. The van der Waals surface area contributed by atoms with Crippen molar-refractivity contribution in [3.05, 3.63) is 40.5 Å². The van der Waals surface area contributed by atoms with Crippen LogP contribution in [-0.2, 0) is 17.1 Å². The Labute approximate surface area is 121 Å². The zero-order valence-corrected chi connectivity index (χ0v) is 12.3. The van der Waals surface area contributed by atoms with Gasteiger partial charge in [0, 0.05) is 13.1 Å². The first-order chi connectivity index (χ1) is 9.33. The third-order valence-corrected chi connectivity index (χ3v) is 4.43. The van der Waals surface area contributed by atoms with E-state index in [4.69, 9.17) is 16.9 Å². The van der Waals surface area contributed by atoms with Gasteiger partial charge in [-0.05, 0) is 25.1 Å². The second-order valence-electron chi connectivity index (χ2n) is 4.16. The molecule has 2 rings (SSSR count). The number of hydrogen-bond acceptors (Lipinski definition) is 4. The summed E-state index contributed by atoms with van der Waals surface area (Å²) in [5, 5.41) is 12.9. The van der Waals surface area contributed by atoms with Crippen LogP contribution in [0.2, 0.25) is 5.02 Å². The number of nitrogens with one attached hydrogen (secondary N) is 1. The van der Waals surface area contributed by atoms with Gasteiger partial charge in [-0.25, -0.2) is 8.42 Å². The lowest BCUT2D eigenvalue weighted by Gasteiger charge is -2.09. The predicted molar refractivity (Wildman–Crippen MR) is 74.9 cm³/mol. The molecule has 0 atom stereocenters. The van der Waals surface area contributed by atoms with Crippen LogP contribution in [0.3, 0.4) is 0 Å². The highest BCUT2D eigenvalue weighted by Gasteiger charge is 2.20. The summed E-state index contributed by atoms with van der Waals surface area (Å²) >= 11 is 5.90. The molecule has 1 N–H and O–H groups in total. The van der Waals surface area contributed by atoms with Crippen molar-refractivity contribution in [1.82, 2.24) is 9.78 Å². The lowest BCUT2D eigenvalue weighted by molar-refractivity contribution is 0.600. The van der Waals surface area contributed by atoms with Gasteiger partial charge in [-0.15, -0.1) is 0 Å². The first-order valence-corrected chi connectivity index (χ1v) is 7.43. The van der Waals surface area contributed by atoms with E-state index in [-0.39, 0.29) is 15.5 Å². The van der Waals surface area contributed by atoms with Gasteiger partial charge >= 0.3 is 0 Å². The van der Waals surface area contributed by atoms with Crippen LogP contribution >= 0.6 is 11.6 Å². The average Bonchev–Trinajstić information content (AvgIpc) is 2.67. The Kier molecular flexibility index (Phi) is 3.70. The number of aromatic nitrogens is 2. The molecule has 0 saturated heterocycles. The molecule has 0 amide bonds. The summed E-state index contributed by atoms with van der Waals surface area (Å²) in [6.07, 6.45) is 0. The van der Waals surface area contributed by atoms with Crippen LogP contribution in [0.15, 0.2) is 29.2 Å². The van der Waals surface area contributed by atoms with Crippen molar-refractivity contribution in [3.63, 3.8) is 0 Å². The number of nitriles is 1. The Morgan fingerprint density at radius 3 is 2.65 bits per heavy atom. The van der Waals surface area contributed by atoms with Crippen molar-refractivity contribution < 1.29 is 8.42 Å². The number of aryl methyl sites for hydroxylation is 2. The van der Waals surface area contributed by atoms with Gasteiger partial charge in [0.1, 0.15) is 10.7 Å². The van der Waals surface area contributed by atoms with Gasteiger partial charge in [-0.3, -0.25) is 9.40 Å². The highest BCUT2D eigenvalue weighted by atomic mass is 35.5. The Morgan fingerprint density at radius 1 is 1.40 bits per heavy atom. The van der Waals surface area contributed by atoms with Gasteiger partial charge in [0.05, 0.1) is 22.3 Å². The molecule has 0 spiro atoms. The molecule has 6 nitrogen and oxygen atoms in total. The van der Waals surface area contributed by atoms with Crippen LogP contribution in [0.25, 0.3) is 0 Å². The average molecular weight is 311 g/mol. The Bertz CT molecular complexity index is 805. The molecule has 1 heterocycles. The Morgan fingerprint density at radius 2 is 2.10 bits per heavy atom. The molecule has 8 heteroatoms. The molecule has 0 saturated carbocycles. The molecule has 104 valence electrons. The van der Waals surface area contributed by atoms with E-state index in [0.29, 0.717) is 11.5 Å². The number of hydrogen-bond donors (Lipinski definition) is 1. The number of rotatable bonds is 3. The minimum Gasteiger partial charge on any atom is -0.264 e. The fourth-order valence-corrected chi connectivity index (χ4v) is 3.28. The fraction of sp³-hybridized carbons (Fsp3) is 0.167. The number of nitrogens with zero attached hydrogens (tertiary/aromatic N) is 3. The van der Waals surface area contributed by atoms with Crippen LogP contribution in [0, 0.1) is 18.3 Å². The SMILES string of the molecule is Cc1cc(NS(=O)(=O)c2cc(C#N)ccc2Cl)n(C)n1. The van der Waals surface area contributed by atoms with E-state index in [2.05, 4.69) is 9.82 Å². The van der Waals surface area contributed by atoms with Crippen LogP contribution in [0.4, 0.5) is 5.82 Å². The van der Waals surface area contributed by atoms with Gasteiger partial charge in [-0.2, -0.15) is 10.4 Å². The molecule has 0 bridgehead atoms. The maximum Gasteiger partial charge on any atom is 0.264 e. The summed E-state index contributed by atoms with van der Waals surface area (Å²) in [4.78, 5) is -0.142. The highest BCUT2D eigenvalue weighted by Crippen LogP contribution is 2.24. The van der Waals surface area contributed by atoms with E-state index < -0.39 is 10.0 Å². The van der Waals surface area contributed by atoms with Crippen molar-refractivity contribution in [2.24, 2.45) is 7.05 Å². The van der Waals surface area contributed by atoms with Crippen molar-refractivity contribution in [2.45, 2.75) is 11.8 Å². The summed E-state index contributed by atoms with van der Waals surface area (Å²) < 4.78 is 28.4. The van der Waals surface area contributed by atoms with E-state index in [1.165, 1.54) is 22.9 Å². The number of sulfonamides is 1. The summed E-state index contributed by atoms with van der Waals surface area (Å²) in [6.45, 7) is 1.75. The molecule has 1 aromatic heterocycles. The number of benzene rings is 1. The highest BCUT2D eigenvalue weighted by molar-refractivity contribution is 7.92. The second-order valence-corrected chi connectivity index (χ2v) is 6.22. The molecule has 20 heavy (non-hydrogen) atoms. The summed E-state index contributed by atoms with van der Waals surface area (Å²) in [5.41, 5.74) is 0.901. The third kappa shape index (κ3) is 2.76. The van der Waals surface area contributed by atoms with Crippen molar-refractivity contribution in [3.8, 4) is 6.07 Å². The minimum atomic E-state index is -3.88. The van der Waals surface area contributed by atoms with Crippen molar-refractivity contribution in [1.29, 1.82) is 5.26 Å². The molecular formula is C12H11ClN4O2S. The Hall–Kier alpha value is -2.04. The normalized spacial score (nSPS) is 11.1. The quantitative estimate of drug-likeness (QED) is 0.939. The van der Waals surface area contributed by atoms with Crippen molar-refractivity contribution in [2.75, 3.05) is 4.72 Å². The molecule has 0 aliphatic rings. The smallest absolute Gasteiger partial charge is 0.264 e. The predicted octanol–water partition coefficient (Wildman–Crippen LogP) is 2.05. The van der Waals surface area contributed by atoms with Crippen LogP contribution in [0.1, 0.15) is 11.3 Å². The van der Waals surface area contributed by atoms with Crippen molar-refractivity contribution >= 4 is 27.4 Å². The lowest BCUT2D eigenvalue weighted by atomic mass is 10.2. The fourth-order valence-electron chi connectivity index (χ4n) is 1.68. The van der Waals surface area contributed by atoms with E-state index in [1.54, 1.807) is 20.0 Å². The van der Waals surface area contributed by atoms with E-state index in [1.807, 2.05) is 6.07 Å². The monoisotopic (exact) mass is 310 g/mol. The number of anilines is 1. The molecule has 0 radical (unpaired) electrons. The van der Waals surface area contributed by atoms with Crippen LogP contribution in [-0.4, -0.2) is 18.2 Å². The topological polar surface area (TPSA) is 87.8 Å². The van der Waals surface area contributed by atoms with E-state index in [9.17, 15) is 8.42 Å². The maximum atomic E-state index is 12.3. The minimum absolute atomic E-state index is 0.0513. The summed E-state index contributed by atoms with van der Waals surface area (Å²) in [5.74, 6) is 0.320. The Balaban J connectivity index is 2.46. The zero-order chi connectivity index (χ0) is 14.9. The second kappa shape index (κ2) is 5.15. The molecule has 0 unspecified atom stereocenters. The largest absolute Gasteiger partial charge is 0.264 e. The molecule has 0 aliphatic carbocycles. The summed E-state index contributed by atoms with van der Waals surface area (Å²) in [6, 6.07) is 7.54. The third-order valence-electron chi connectivity index (χ3n) is 2.59. The zero-order valence-electron chi connectivity index (χ0n) is 10.8. The van der Waals surface area contributed by atoms with E-state index in [0.717, 1.165) is 0 Å². The maximum absolute atomic E-state index is 12.3. The summed E-state index contributed by atoms with van der Waals surface area (Å²) in [7, 11) is -2.26. The molecular weight excluding hydrogens is 300 g/mol. The van der Waals surface area contributed by atoms with E-state index >= 15 is 0 Å². The first kappa shape index (κ1) is 14.4. The first-order valence-electron chi connectivity index (χ1n) is 5.56. The van der Waals surface area contributed by atoms with Crippen LogP contribution < -0.4 is 4.72 Å². The van der Waals surface area contributed by atoms with Gasteiger partial charge in [0.25, 0.3) is 10.0 Å². The van der Waals surface area contributed by atoms with Gasteiger partial charge in [-0.1, -0.05) is 11.6 Å². The van der Waals surface area contributed by atoms with Crippen LogP contribution in [0.5, 0.6) is 0 Å². The van der Waals surface area contributed by atoms with Gasteiger partial charge < -0.3 is 0 Å². The molecule has 0 fully saturated rings. The van der Waals surface area contributed by atoms with Gasteiger partial charge in [0.15, 0.2) is 0 Å². The molecule has 1 aromatic carbocycles.